The fraction of sp³-hybridized carbons (Fsp3) is 0.0667. The van der Waals surface area contributed by atoms with E-state index >= 15 is 0 Å². The van der Waals surface area contributed by atoms with Crippen LogP contribution in [0.2, 0.25) is 10.0 Å². The second-order valence-corrected chi connectivity index (χ2v) is 4.94. The van der Waals surface area contributed by atoms with E-state index in [2.05, 4.69) is 0 Å². The van der Waals surface area contributed by atoms with Gasteiger partial charge in [0.2, 0.25) is 0 Å². The van der Waals surface area contributed by atoms with E-state index in [1.165, 1.54) is 0 Å². The largest absolute Gasteiger partial charge is 0.288 e. The van der Waals surface area contributed by atoms with Crippen LogP contribution in [0.4, 0.5) is 0 Å². The Labute approximate surface area is 121 Å². The SMILES string of the molecule is Cc1cc(Cl)c(C(=O)c2ccc(C#N)cc2)c(Cl)c1. The van der Waals surface area contributed by atoms with E-state index < -0.39 is 0 Å². The summed E-state index contributed by atoms with van der Waals surface area (Å²) in [5, 5.41) is 9.39. The smallest absolute Gasteiger partial charge is 0.196 e. The van der Waals surface area contributed by atoms with Gasteiger partial charge in [0.05, 0.1) is 27.2 Å². The molecule has 0 aliphatic heterocycles. The van der Waals surface area contributed by atoms with Gasteiger partial charge in [0.15, 0.2) is 5.78 Å². The van der Waals surface area contributed by atoms with Crippen LogP contribution in [0.25, 0.3) is 0 Å². The Bertz CT molecular complexity index is 661. The first-order valence-electron chi connectivity index (χ1n) is 5.53. The van der Waals surface area contributed by atoms with Crippen LogP contribution in [-0.2, 0) is 0 Å². The van der Waals surface area contributed by atoms with Crippen molar-refractivity contribution in [3.63, 3.8) is 0 Å². The average molecular weight is 290 g/mol. The van der Waals surface area contributed by atoms with Gasteiger partial charge in [0.1, 0.15) is 0 Å². The van der Waals surface area contributed by atoms with Crippen LogP contribution in [-0.4, -0.2) is 5.78 Å². The van der Waals surface area contributed by atoms with E-state index in [4.69, 9.17) is 28.5 Å². The molecule has 0 aliphatic carbocycles. The zero-order valence-corrected chi connectivity index (χ0v) is 11.6. The fourth-order valence-corrected chi connectivity index (χ4v) is 2.53. The normalized spacial score (nSPS) is 10.0. The van der Waals surface area contributed by atoms with Crippen molar-refractivity contribution in [2.24, 2.45) is 0 Å². The van der Waals surface area contributed by atoms with Crippen molar-refractivity contribution in [2.45, 2.75) is 6.92 Å². The molecule has 0 fully saturated rings. The lowest BCUT2D eigenvalue weighted by molar-refractivity contribution is 0.103. The van der Waals surface area contributed by atoms with Crippen molar-refractivity contribution in [1.82, 2.24) is 0 Å². The van der Waals surface area contributed by atoms with Crippen molar-refractivity contribution in [3.05, 3.63) is 68.7 Å². The van der Waals surface area contributed by atoms with Gasteiger partial charge in [-0.1, -0.05) is 23.2 Å². The Morgan fingerprint density at radius 3 is 2.11 bits per heavy atom. The average Bonchev–Trinajstić information content (AvgIpc) is 2.37. The topological polar surface area (TPSA) is 40.9 Å². The lowest BCUT2D eigenvalue weighted by Crippen LogP contribution is -2.03. The molecular weight excluding hydrogens is 281 g/mol. The summed E-state index contributed by atoms with van der Waals surface area (Å²) in [6, 6.07) is 11.8. The van der Waals surface area contributed by atoms with Crippen molar-refractivity contribution < 1.29 is 4.79 Å². The molecule has 0 amide bonds. The Morgan fingerprint density at radius 1 is 1.11 bits per heavy atom. The summed E-state index contributed by atoms with van der Waals surface area (Å²) in [7, 11) is 0. The van der Waals surface area contributed by atoms with E-state index in [0.717, 1.165) is 5.56 Å². The van der Waals surface area contributed by atoms with E-state index in [1.54, 1.807) is 36.4 Å². The Hall–Kier alpha value is -1.82. The third-order valence-corrected chi connectivity index (χ3v) is 3.29. The molecule has 0 aromatic heterocycles. The molecule has 0 saturated carbocycles. The number of hydrogen-bond acceptors (Lipinski definition) is 2. The number of benzene rings is 2. The second-order valence-electron chi connectivity index (χ2n) is 4.12. The van der Waals surface area contributed by atoms with E-state index in [9.17, 15) is 4.79 Å². The predicted octanol–water partition coefficient (Wildman–Crippen LogP) is 4.40. The number of ketones is 1. The molecule has 2 nitrogen and oxygen atoms in total. The van der Waals surface area contributed by atoms with Gasteiger partial charge in [-0.2, -0.15) is 5.26 Å². The number of rotatable bonds is 2. The van der Waals surface area contributed by atoms with Gasteiger partial charge in [-0.15, -0.1) is 0 Å². The Kier molecular flexibility index (Phi) is 3.90. The molecule has 2 rings (SSSR count). The van der Waals surface area contributed by atoms with Crippen molar-refractivity contribution in [3.8, 4) is 6.07 Å². The Morgan fingerprint density at radius 2 is 1.63 bits per heavy atom. The van der Waals surface area contributed by atoms with Crippen LogP contribution in [0, 0.1) is 18.3 Å². The maximum atomic E-state index is 12.3. The van der Waals surface area contributed by atoms with Crippen LogP contribution < -0.4 is 0 Å². The fourth-order valence-electron chi connectivity index (χ4n) is 1.76. The van der Waals surface area contributed by atoms with Crippen LogP contribution >= 0.6 is 23.2 Å². The van der Waals surface area contributed by atoms with Gasteiger partial charge in [-0.05, 0) is 48.9 Å². The third kappa shape index (κ3) is 2.78. The molecule has 0 radical (unpaired) electrons. The van der Waals surface area contributed by atoms with Gasteiger partial charge in [0, 0.05) is 5.56 Å². The molecule has 0 spiro atoms. The maximum absolute atomic E-state index is 12.3. The first-order chi connectivity index (χ1) is 9.02. The van der Waals surface area contributed by atoms with E-state index in [0.29, 0.717) is 26.7 Å². The predicted molar refractivity (Wildman–Crippen MR) is 75.8 cm³/mol. The van der Waals surface area contributed by atoms with Gasteiger partial charge >= 0.3 is 0 Å². The minimum atomic E-state index is -0.250. The molecule has 0 saturated heterocycles. The number of carbonyl (C=O) groups excluding carboxylic acids is 1. The number of aryl methyl sites for hydroxylation is 1. The summed E-state index contributed by atoms with van der Waals surface area (Å²) in [5.41, 5.74) is 2.13. The lowest BCUT2D eigenvalue weighted by Gasteiger charge is -2.07. The molecule has 0 unspecified atom stereocenters. The van der Waals surface area contributed by atoms with Crippen molar-refractivity contribution in [1.29, 1.82) is 5.26 Å². The maximum Gasteiger partial charge on any atom is 0.196 e. The zero-order valence-electron chi connectivity index (χ0n) is 10.1. The molecule has 94 valence electrons. The van der Waals surface area contributed by atoms with Gasteiger partial charge in [-0.25, -0.2) is 0 Å². The molecule has 2 aromatic carbocycles. The summed E-state index contributed by atoms with van der Waals surface area (Å²) >= 11 is 12.2. The summed E-state index contributed by atoms with van der Waals surface area (Å²) < 4.78 is 0. The zero-order chi connectivity index (χ0) is 14.0. The first kappa shape index (κ1) is 13.6. The van der Waals surface area contributed by atoms with Crippen LogP contribution in [0.1, 0.15) is 27.0 Å². The van der Waals surface area contributed by atoms with Crippen molar-refractivity contribution >= 4 is 29.0 Å². The van der Waals surface area contributed by atoms with Crippen LogP contribution in [0.15, 0.2) is 36.4 Å². The Balaban J connectivity index is 2.47. The van der Waals surface area contributed by atoms with Gasteiger partial charge in [-0.3, -0.25) is 4.79 Å². The summed E-state index contributed by atoms with van der Waals surface area (Å²) in [5.74, 6) is -0.250. The number of hydrogen-bond donors (Lipinski definition) is 0. The van der Waals surface area contributed by atoms with E-state index in [-0.39, 0.29) is 5.78 Å². The highest BCUT2D eigenvalue weighted by molar-refractivity contribution is 6.41. The molecule has 0 aliphatic rings. The quantitative estimate of drug-likeness (QED) is 0.769. The summed E-state index contributed by atoms with van der Waals surface area (Å²) in [6.45, 7) is 1.85. The highest BCUT2D eigenvalue weighted by Crippen LogP contribution is 2.28. The minimum absolute atomic E-state index is 0.250. The van der Waals surface area contributed by atoms with Gasteiger partial charge in [0.25, 0.3) is 0 Å². The summed E-state index contributed by atoms with van der Waals surface area (Å²) in [6.07, 6.45) is 0. The first-order valence-corrected chi connectivity index (χ1v) is 6.29. The molecule has 4 heteroatoms. The lowest BCUT2D eigenvalue weighted by atomic mass is 10.0. The number of halogens is 2. The van der Waals surface area contributed by atoms with Gasteiger partial charge < -0.3 is 0 Å². The standard InChI is InChI=1S/C15H9Cl2NO/c1-9-6-12(16)14(13(17)7-9)15(19)11-4-2-10(8-18)3-5-11/h2-7H,1H3. The number of nitriles is 1. The number of nitrogens with zero attached hydrogens (tertiary/aromatic N) is 1. The molecule has 0 bridgehead atoms. The summed E-state index contributed by atoms with van der Waals surface area (Å²) in [4.78, 5) is 12.3. The molecule has 2 aromatic rings. The van der Waals surface area contributed by atoms with Crippen molar-refractivity contribution in [2.75, 3.05) is 0 Å². The molecule has 0 N–H and O–H groups in total. The molecule has 19 heavy (non-hydrogen) atoms. The molecular formula is C15H9Cl2NO. The minimum Gasteiger partial charge on any atom is -0.288 e. The number of carbonyl (C=O) groups is 1. The van der Waals surface area contributed by atoms with Crippen LogP contribution in [0.5, 0.6) is 0 Å². The van der Waals surface area contributed by atoms with E-state index in [1.807, 2.05) is 13.0 Å². The third-order valence-electron chi connectivity index (χ3n) is 2.69. The monoisotopic (exact) mass is 289 g/mol. The molecule has 0 atom stereocenters. The highest BCUT2D eigenvalue weighted by atomic mass is 35.5. The molecule has 0 heterocycles. The van der Waals surface area contributed by atoms with Crippen LogP contribution in [0.3, 0.4) is 0 Å². The highest BCUT2D eigenvalue weighted by Gasteiger charge is 2.17. The second kappa shape index (κ2) is 5.44.